The molecular weight excluding hydrogens is 765 g/mol. The van der Waals surface area contributed by atoms with Gasteiger partial charge < -0.3 is 35.1 Å². The average Bonchev–Trinajstić information content (AvgIpc) is 3.54. The molecular formula is C43H48N4O8S2. The molecule has 1 aliphatic heterocycles. The number of nitrogens with zero attached hydrogens (tertiary/aromatic N) is 1. The van der Waals surface area contributed by atoms with E-state index in [0.29, 0.717) is 64.0 Å². The number of amides is 4. The highest BCUT2D eigenvalue weighted by molar-refractivity contribution is 8.00. The molecule has 0 bridgehead atoms. The van der Waals surface area contributed by atoms with Crippen LogP contribution in [0.4, 0.5) is 15.5 Å². The van der Waals surface area contributed by atoms with E-state index in [9.17, 15) is 24.0 Å². The van der Waals surface area contributed by atoms with Gasteiger partial charge in [-0.2, -0.15) is 0 Å². The topological polar surface area (TPSA) is 152 Å². The van der Waals surface area contributed by atoms with E-state index in [1.165, 1.54) is 23.1 Å². The minimum atomic E-state index is -0.656. The Kier molecular flexibility index (Phi) is 14.6. The maximum atomic E-state index is 13.9. The van der Waals surface area contributed by atoms with Crippen LogP contribution in [0.5, 0.6) is 5.75 Å². The second kappa shape index (κ2) is 19.5. The molecule has 1 aliphatic rings. The van der Waals surface area contributed by atoms with Gasteiger partial charge in [-0.15, -0.1) is 23.1 Å². The van der Waals surface area contributed by atoms with Crippen molar-refractivity contribution in [1.82, 2.24) is 10.2 Å². The van der Waals surface area contributed by atoms with E-state index in [0.717, 1.165) is 10.4 Å². The van der Waals surface area contributed by atoms with Crippen molar-refractivity contribution in [1.29, 1.82) is 0 Å². The van der Waals surface area contributed by atoms with Gasteiger partial charge in [0.05, 0.1) is 30.6 Å². The fourth-order valence-electron chi connectivity index (χ4n) is 5.90. The molecule has 1 atom stereocenters. The van der Waals surface area contributed by atoms with Gasteiger partial charge in [0.25, 0.3) is 11.8 Å². The molecule has 300 valence electrons. The van der Waals surface area contributed by atoms with Gasteiger partial charge in [-0.3, -0.25) is 14.4 Å². The van der Waals surface area contributed by atoms with Crippen molar-refractivity contribution < 1.29 is 38.2 Å². The monoisotopic (exact) mass is 812 g/mol. The summed E-state index contributed by atoms with van der Waals surface area (Å²) in [7, 11) is 0. The van der Waals surface area contributed by atoms with Crippen molar-refractivity contribution >= 4 is 69.6 Å². The number of thiophene rings is 1. The Labute approximate surface area is 341 Å². The zero-order valence-electron chi connectivity index (χ0n) is 32.9. The number of fused-ring (bicyclic) bond motifs is 1. The molecule has 0 saturated heterocycles. The van der Waals surface area contributed by atoms with Crippen LogP contribution in [0.3, 0.4) is 0 Å². The smallest absolute Gasteiger partial charge is 0.410 e. The minimum Gasteiger partial charge on any atom is -0.493 e. The molecule has 2 heterocycles. The third-order valence-corrected chi connectivity index (χ3v) is 11.0. The quantitative estimate of drug-likeness (QED) is 0.0646. The van der Waals surface area contributed by atoms with Crippen LogP contribution in [0.2, 0.25) is 0 Å². The number of rotatable bonds is 14. The second-order valence-corrected chi connectivity index (χ2v) is 16.3. The van der Waals surface area contributed by atoms with Crippen molar-refractivity contribution in [2.24, 2.45) is 0 Å². The Bertz CT molecular complexity index is 2130. The molecule has 4 amide bonds. The number of esters is 1. The van der Waals surface area contributed by atoms with Crippen LogP contribution in [0.1, 0.15) is 84.7 Å². The number of anilines is 2. The van der Waals surface area contributed by atoms with Gasteiger partial charge in [0.2, 0.25) is 5.91 Å². The van der Waals surface area contributed by atoms with E-state index >= 15 is 0 Å². The van der Waals surface area contributed by atoms with Gasteiger partial charge in [-0.25, -0.2) is 9.59 Å². The maximum Gasteiger partial charge on any atom is 0.410 e. The van der Waals surface area contributed by atoms with E-state index in [2.05, 4.69) is 16.0 Å². The zero-order chi connectivity index (χ0) is 41.1. The third kappa shape index (κ3) is 11.5. The van der Waals surface area contributed by atoms with Crippen LogP contribution in [-0.4, -0.2) is 65.3 Å². The van der Waals surface area contributed by atoms with Crippen LogP contribution >= 0.6 is 23.1 Å². The summed E-state index contributed by atoms with van der Waals surface area (Å²) in [6.07, 6.45) is 1.99. The van der Waals surface area contributed by atoms with E-state index in [1.54, 1.807) is 99.3 Å². The fourth-order valence-corrected chi connectivity index (χ4v) is 8.17. The predicted octanol–water partition coefficient (Wildman–Crippen LogP) is 8.54. The highest BCUT2D eigenvalue weighted by Crippen LogP contribution is 2.39. The number of benzene rings is 3. The molecule has 1 aromatic heterocycles. The number of carbonyl (C=O) groups excluding carboxylic acids is 5. The average molecular weight is 813 g/mol. The zero-order valence-corrected chi connectivity index (χ0v) is 34.6. The van der Waals surface area contributed by atoms with Gasteiger partial charge in [0, 0.05) is 33.1 Å². The van der Waals surface area contributed by atoms with Gasteiger partial charge in [0.15, 0.2) is 0 Å². The van der Waals surface area contributed by atoms with E-state index < -0.39 is 34.7 Å². The second-order valence-electron chi connectivity index (χ2n) is 13.9. The normalized spacial score (nSPS) is 13.2. The molecule has 0 radical (unpaired) electrons. The van der Waals surface area contributed by atoms with Crippen molar-refractivity contribution in [3.63, 3.8) is 0 Å². The highest BCUT2D eigenvalue weighted by Gasteiger charge is 2.33. The summed E-state index contributed by atoms with van der Waals surface area (Å²) < 4.78 is 16.7. The lowest BCUT2D eigenvalue weighted by molar-refractivity contribution is -0.116. The highest BCUT2D eigenvalue weighted by atomic mass is 32.2. The van der Waals surface area contributed by atoms with E-state index in [4.69, 9.17) is 14.2 Å². The largest absolute Gasteiger partial charge is 0.493 e. The summed E-state index contributed by atoms with van der Waals surface area (Å²) in [5.41, 5.74) is 1.86. The predicted molar refractivity (Wildman–Crippen MR) is 224 cm³/mol. The first-order valence-corrected chi connectivity index (χ1v) is 20.5. The molecule has 5 rings (SSSR count). The molecule has 0 saturated carbocycles. The standard InChI is InChI=1S/C43H48N4O8S2/c1-7-34(39(50)46-40-36(41(51)54-9-3)31-22-23-47(26-35(31)57-40)42(52)55-43(4,5)6)56-30-20-15-19-29(25-30)44-38(49)32(45-37(48)27-16-11-10-12-17-27)24-28-18-13-14-21-33(28)53-8-2/h10-21,24-25,34H,7-9,22-23,26H2,1-6H3,(H,44,49)(H,45,48)(H,46,50)/b32-24+. The Morgan fingerprint density at radius 1 is 0.912 bits per heavy atom. The number of hydrogen-bond donors (Lipinski definition) is 3. The van der Waals surface area contributed by atoms with Crippen LogP contribution in [-0.2, 0) is 32.0 Å². The Morgan fingerprint density at radius 3 is 2.35 bits per heavy atom. The third-order valence-electron chi connectivity index (χ3n) is 8.51. The van der Waals surface area contributed by atoms with Crippen LogP contribution in [0.15, 0.2) is 89.5 Å². The number of hydrogen-bond acceptors (Lipinski definition) is 10. The van der Waals surface area contributed by atoms with Crippen molar-refractivity contribution in [3.05, 3.63) is 112 Å². The summed E-state index contributed by atoms with van der Waals surface area (Å²) in [4.78, 5) is 70.0. The van der Waals surface area contributed by atoms with Gasteiger partial charge in [0.1, 0.15) is 22.0 Å². The van der Waals surface area contributed by atoms with Crippen LogP contribution in [0, 0.1) is 0 Å². The van der Waals surface area contributed by atoms with Crippen molar-refractivity contribution in [2.45, 2.75) is 76.7 Å². The molecule has 0 spiro atoms. The lowest BCUT2D eigenvalue weighted by Crippen LogP contribution is -2.39. The molecule has 3 N–H and O–H groups in total. The molecule has 3 aromatic carbocycles. The summed E-state index contributed by atoms with van der Waals surface area (Å²) in [5.74, 6) is -1.30. The van der Waals surface area contributed by atoms with Crippen LogP contribution < -0.4 is 20.7 Å². The van der Waals surface area contributed by atoms with Gasteiger partial charge in [-0.1, -0.05) is 49.4 Å². The van der Waals surface area contributed by atoms with Crippen molar-refractivity contribution in [2.75, 3.05) is 30.4 Å². The number of thioether (sulfide) groups is 1. The van der Waals surface area contributed by atoms with E-state index in [-0.39, 0.29) is 24.8 Å². The van der Waals surface area contributed by atoms with Gasteiger partial charge in [-0.05, 0) is 95.5 Å². The summed E-state index contributed by atoms with van der Waals surface area (Å²) >= 11 is 2.56. The lowest BCUT2D eigenvalue weighted by Gasteiger charge is -2.30. The van der Waals surface area contributed by atoms with Crippen LogP contribution in [0.25, 0.3) is 6.08 Å². The Hall–Kier alpha value is -5.60. The first-order chi connectivity index (χ1) is 27.3. The van der Waals surface area contributed by atoms with E-state index in [1.807, 2.05) is 32.0 Å². The minimum absolute atomic E-state index is 0.00476. The first-order valence-electron chi connectivity index (χ1n) is 18.8. The SMILES string of the molecule is CCOC(=O)c1c(NC(=O)C(CC)Sc2cccc(NC(=O)/C(=C\c3ccccc3OCC)NC(=O)c3ccccc3)c2)sc2c1CCN(C(=O)OC(C)(C)C)C2. The number of nitrogens with one attached hydrogen (secondary N) is 3. The molecule has 1 unspecified atom stereocenters. The number of carbonyl (C=O) groups is 5. The lowest BCUT2D eigenvalue weighted by atomic mass is 10.0. The molecule has 12 nitrogen and oxygen atoms in total. The Morgan fingerprint density at radius 2 is 1.65 bits per heavy atom. The molecule has 0 aliphatic carbocycles. The first kappa shape index (κ1) is 42.5. The molecule has 4 aromatic rings. The maximum absolute atomic E-state index is 13.9. The number of para-hydroxylation sites is 1. The molecule has 0 fully saturated rings. The number of ether oxygens (including phenoxy) is 3. The summed E-state index contributed by atoms with van der Waals surface area (Å²) in [5, 5.41) is 8.44. The Balaban J connectivity index is 1.33. The fraction of sp³-hybridized carbons (Fsp3) is 0.326. The molecule has 57 heavy (non-hydrogen) atoms. The summed E-state index contributed by atoms with van der Waals surface area (Å²) in [6, 6.07) is 22.9. The van der Waals surface area contributed by atoms with Crippen molar-refractivity contribution in [3.8, 4) is 5.75 Å². The molecule has 14 heteroatoms. The summed E-state index contributed by atoms with van der Waals surface area (Å²) in [6.45, 7) is 12.1. The van der Waals surface area contributed by atoms with Gasteiger partial charge >= 0.3 is 12.1 Å².